The minimum atomic E-state index is -1.63. The standard InChI is InChI=1S/C13H22O10/c14-1-3-10(7(18)8(19)12-11(3)22-12)23-13-9(20)6(17)5(16)4(2-15)21-13/h3-20H,1-2H2/t3-,4-,5-,6+,7-,8-,9-,10-,11-,12-,13-/m1/s1. The van der Waals surface area contributed by atoms with E-state index in [4.69, 9.17) is 19.3 Å². The third-order valence-corrected chi connectivity index (χ3v) is 4.78. The number of aliphatic hydroxyl groups excluding tert-OH is 7. The average Bonchev–Trinajstić information content (AvgIpc) is 3.33. The van der Waals surface area contributed by atoms with E-state index in [9.17, 15) is 30.6 Å². The first kappa shape index (κ1) is 17.4. The second-order valence-corrected chi connectivity index (χ2v) is 6.19. The summed E-state index contributed by atoms with van der Waals surface area (Å²) in [7, 11) is 0. The predicted octanol–water partition coefficient (Wildman–Crippen LogP) is -4.72. The van der Waals surface area contributed by atoms with Crippen molar-refractivity contribution in [3.05, 3.63) is 0 Å². The van der Waals surface area contributed by atoms with Crippen LogP contribution in [0.15, 0.2) is 0 Å². The van der Waals surface area contributed by atoms with E-state index in [-0.39, 0.29) is 6.61 Å². The maximum absolute atomic E-state index is 10.1. The molecule has 1 saturated carbocycles. The Labute approximate surface area is 131 Å². The molecule has 0 radical (unpaired) electrons. The Bertz CT molecular complexity index is 420. The Morgan fingerprint density at radius 1 is 0.696 bits per heavy atom. The number of fused-ring (bicyclic) bond motifs is 1. The van der Waals surface area contributed by atoms with Crippen molar-refractivity contribution in [2.45, 2.75) is 61.2 Å². The molecule has 0 aromatic heterocycles. The van der Waals surface area contributed by atoms with Crippen LogP contribution in [0.1, 0.15) is 0 Å². The van der Waals surface area contributed by atoms with Crippen LogP contribution in [0.25, 0.3) is 0 Å². The molecule has 134 valence electrons. The van der Waals surface area contributed by atoms with E-state index in [0.29, 0.717) is 0 Å². The topological polar surface area (TPSA) is 173 Å². The lowest BCUT2D eigenvalue weighted by Crippen LogP contribution is -2.62. The first-order valence-corrected chi connectivity index (χ1v) is 7.49. The normalized spacial score (nSPS) is 56.2. The van der Waals surface area contributed by atoms with E-state index in [1.807, 2.05) is 0 Å². The minimum absolute atomic E-state index is 0.382. The molecule has 1 aliphatic carbocycles. The van der Waals surface area contributed by atoms with Crippen molar-refractivity contribution in [3.63, 3.8) is 0 Å². The van der Waals surface area contributed by atoms with Gasteiger partial charge in [0.05, 0.1) is 25.4 Å². The van der Waals surface area contributed by atoms with Gasteiger partial charge in [-0.1, -0.05) is 0 Å². The van der Waals surface area contributed by atoms with E-state index in [1.54, 1.807) is 0 Å². The molecule has 0 spiro atoms. The predicted molar refractivity (Wildman–Crippen MR) is 69.9 cm³/mol. The smallest absolute Gasteiger partial charge is 0.187 e. The van der Waals surface area contributed by atoms with Crippen LogP contribution >= 0.6 is 0 Å². The highest BCUT2D eigenvalue weighted by Gasteiger charge is 2.61. The minimum Gasteiger partial charge on any atom is -0.396 e. The Morgan fingerprint density at radius 3 is 2.00 bits per heavy atom. The van der Waals surface area contributed by atoms with Crippen molar-refractivity contribution in [2.24, 2.45) is 5.92 Å². The molecule has 3 rings (SSSR count). The van der Waals surface area contributed by atoms with Crippen LogP contribution in [-0.2, 0) is 14.2 Å². The second-order valence-electron chi connectivity index (χ2n) is 6.19. The quantitative estimate of drug-likeness (QED) is 0.247. The third-order valence-electron chi connectivity index (χ3n) is 4.78. The number of hydrogen-bond donors (Lipinski definition) is 7. The monoisotopic (exact) mass is 338 g/mol. The van der Waals surface area contributed by atoms with E-state index >= 15 is 0 Å². The highest BCUT2D eigenvalue weighted by Crippen LogP contribution is 2.43. The zero-order valence-electron chi connectivity index (χ0n) is 12.1. The lowest BCUT2D eigenvalue weighted by Gasteiger charge is -2.43. The summed E-state index contributed by atoms with van der Waals surface area (Å²) in [6.45, 7) is -0.995. The number of aliphatic hydroxyl groups is 7. The highest BCUT2D eigenvalue weighted by molar-refractivity contribution is 5.08. The van der Waals surface area contributed by atoms with Crippen molar-refractivity contribution >= 4 is 0 Å². The molecule has 0 bridgehead atoms. The molecule has 11 atom stereocenters. The van der Waals surface area contributed by atoms with Gasteiger partial charge in [-0.2, -0.15) is 0 Å². The largest absolute Gasteiger partial charge is 0.396 e. The Kier molecular flexibility index (Phi) is 4.91. The zero-order chi connectivity index (χ0) is 16.9. The van der Waals surface area contributed by atoms with Crippen LogP contribution in [0.4, 0.5) is 0 Å². The molecular weight excluding hydrogens is 316 g/mol. The SMILES string of the molecule is OC[C@H]1[C@H]2O[C@@H]2[C@H](O)[C@@H](O)[C@@H]1O[C@H]1O[C@H](CO)[C@@H](O)[C@H](O)[C@H]1O. The van der Waals surface area contributed by atoms with Crippen LogP contribution in [0.2, 0.25) is 0 Å². The van der Waals surface area contributed by atoms with E-state index < -0.39 is 73.8 Å². The number of ether oxygens (including phenoxy) is 3. The number of epoxide rings is 1. The summed E-state index contributed by atoms with van der Waals surface area (Å²) < 4.78 is 15.9. The lowest BCUT2D eigenvalue weighted by atomic mass is 9.83. The molecule has 2 aliphatic heterocycles. The lowest BCUT2D eigenvalue weighted by molar-refractivity contribution is -0.326. The Balaban J connectivity index is 1.73. The summed E-state index contributed by atoms with van der Waals surface area (Å²) in [5, 5.41) is 68.1. The molecule has 0 unspecified atom stereocenters. The van der Waals surface area contributed by atoms with E-state index in [0.717, 1.165) is 0 Å². The molecule has 2 heterocycles. The summed E-state index contributed by atoms with van der Waals surface area (Å²) in [5.41, 5.74) is 0. The van der Waals surface area contributed by atoms with Crippen LogP contribution < -0.4 is 0 Å². The number of hydrogen-bond acceptors (Lipinski definition) is 10. The van der Waals surface area contributed by atoms with Gasteiger partial charge in [0.2, 0.25) is 0 Å². The van der Waals surface area contributed by atoms with Gasteiger partial charge in [0, 0.05) is 5.92 Å². The highest BCUT2D eigenvalue weighted by atomic mass is 16.7. The van der Waals surface area contributed by atoms with Crippen LogP contribution in [0, 0.1) is 5.92 Å². The third kappa shape index (κ3) is 2.89. The van der Waals surface area contributed by atoms with E-state index in [2.05, 4.69) is 0 Å². The summed E-state index contributed by atoms with van der Waals surface area (Å²) in [6.07, 6.45) is -12.1. The fraction of sp³-hybridized carbons (Fsp3) is 1.00. The van der Waals surface area contributed by atoms with Crippen LogP contribution in [0.3, 0.4) is 0 Å². The molecule has 3 aliphatic rings. The molecule has 3 fully saturated rings. The van der Waals surface area contributed by atoms with Gasteiger partial charge >= 0.3 is 0 Å². The summed E-state index contributed by atoms with van der Waals surface area (Å²) >= 11 is 0. The molecule has 10 heteroatoms. The molecule has 23 heavy (non-hydrogen) atoms. The van der Waals surface area contributed by atoms with E-state index in [1.165, 1.54) is 0 Å². The maximum atomic E-state index is 10.1. The molecule has 0 amide bonds. The van der Waals surface area contributed by atoms with Gasteiger partial charge < -0.3 is 50.0 Å². The summed E-state index contributed by atoms with van der Waals surface area (Å²) in [4.78, 5) is 0. The molecule has 10 nitrogen and oxygen atoms in total. The molecule has 2 saturated heterocycles. The molecule has 0 aromatic carbocycles. The van der Waals surface area contributed by atoms with Crippen molar-refractivity contribution in [3.8, 4) is 0 Å². The molecule has 7 N–H and O–H groups in total. The maximum Gasteiger partial charge on any atom is 0.187 e. The molecule has 0 aromatic rings. The Morgan fingerprint density at radius 2 is 1.39 bits per heavy atom. The second kappa shape index (κ2) is 6.48. The Hall–Kier alpha value is -0.400. The van der Waals surface area contributed by atoms with Crippen molar-refractivity contribution in [2.75, 3.05) is 13.2 Å². The zero-order valence-corrected chi connectivity index (χ0v) is 12.1. The van der Waals surface area contributed by atoms with Crippen molar-refractivity contribution in [1.82, 2.24) is 0 Å². The van der Waals surface area contributed by atoms with Gasteiger partial charge in [-0.05, 0) is 0 Å². The fourth-order valence-electron chi connectivity index (χ4n) is 3.31. The van der Waals surface area contributed by atoms with Gasteiger partial charge in [0.1, 0.15) is 42.7 Å². The fourth-order valence-corrected chi connectivity index (χ4v) is 3.31. The number of rotatable bonds is 4. The van der Waals surface area contributed by atoms with Gasteiger partial charge in [-0.3, -0.25) is 0 Å². The summed E-state index contributed by atoms with van der Waals surface area (Å²) in [6, 6.07) is 0. The van der Waals surface area contributed by atoms with Crippen LogP contribution in [0.5, 0.6) is 0 Å². The van der Waals surface area contributed by atoms with Gasteiger partial charge in [-0.25, -0.2) is 0 Å². The van der Waals surface area contributed by atoms with Crippen LogP contribution in [-0.4, -0.2) is 110 Å². The first-order chi connectivity index (χ1) is 10.9. The van der Waals surface area contributed by atoms with Crippen molar-refractivity contribution in [1.29, 1.82) is 0 Å². The van der Waals surface area contributed by atoms with Gasteiger partial charge in [0.15, 0.2) is 6.29 Å². The summed E-state index contributed by atoms with van der Waals surface area (Å²) in [5.74, 6) is -0.647. The average molecular weight is 338 g/mol. The first-order valence-electron chi connectivity index (χ1n) is 7.49. The van der Waals surface area contributed by atoms with Gasteiger partial charge in [-0.15, -0.1) is 0 Å². The van der Waals surface area contributed by atoms with Gasteiger partial charge in [0.25, 0.3) is 0 Å². The molecular formula is C13H22O10. The van der Waals surface area contributed by atoms with Crippen molar-refractivity contribution < 1.29 is 50.0 Å².